The van der Waals surface area contributed by atoms with Gasteiger partial charge in [-0.05, 0) is 32.1 Å². The lowest BCUT2D eigenvalue weighted by molar-refractivity contribution is -0.135. The van der Waals surface area contributed by atoms with Gasteiger partial charge in [0.2, 0.25) is 11.8 Å². The van der Waals surface area contributed by atoms with Gasteiger partial charge in [0.1, 0.15) is 0 Å². The lowest BCUT2D eigenvalue weighted by Crippen LogP contribution is -2.48. The van der Waals surface area contributed by atoms with Gasteiger partial charge in [0, 0.05) is 38.1 Å². The molecule has 3 fully saturated rings. The highest BCUT2D eigenvalue weighted by Crippen LogP contribution is 2.26. The van der Waals surface area contributed by atoms with Crippen molar-refractivity contribution in [3.05, 3.63) is 0 Å². The summed E-state index contributed by atoms with van der Waals surface area (Å²) in [5, 5.41) is 9.35. The SMILES string of the molecule is CN=C(NCC(=O)NC1CC1)NC1CCN(C(=O)C2CCCCC2)C1.I. The molecular formula is C18H32IN5O2. The van der Waals surface area contributed by atoms with E-state index in [0.717, 1.165) is 45.2 Å². The third-order valence-corrected chi connectivity index (χ3v) is 5.38. The molecule has 0 spiro atoms. The summed E-state index contributed by atoms with van der Waals surface area (Å²) >= 11 is 0. The minimum Gasteiger partial charge on any atom is -0.352 e. The Labute approximate surface area is 173 Å². The van der Waals surface area contributed by atoms with Gasteiger partial charge in [-0.2, -0.15) is 0 Å². The second kappa shape index (κ2) is 10.3. The molecule has 148 valence electrons. The number of carbonyl (C=O) groups excluding carboxylic acids is 2. The number of guanidine groups is 1. The van der Waals surface area contributed by atoms with E-state index in [0.29, 0.717) is 17.9 Å². The van der Waals surface area contributed by atoms with Gasteiger partial charge in [-0.3, -0.25) is 14.6 Å². The second-order valence-corrected chi connectivity index (χ2v) is 7.52. The molecule has 1 aliphatic heterocycles. The first-order valence-corrected chi connectivity index (χ1v) is 9.71. The number of hydrogen-bond donors (Lipinski definition) is 3. The molecule has 3 aliphatic rings. The molecule has 1 unspecified atom stereocenters. The van der Waals surface area contributed by atoms with Crippen LogP contribution in [-0.4, -0.2) is 61.4 Å². The fourth-order valence-corrected chi connectivity index (χ4v) is 3.74. The van der Waals surface area contributed by atoms with E-state index >= 15 is 0 Å². The Bertz CT molecular complexity index is 518. The monoisotopic (exact) mass is 477 g/mol. The molecular weight excluding hydrogens is 445 g/mol. The van der Waals surface area contributed by atoms with E-state index < -0.39 is 0 Å². The number of carbonyl (C=O) groups is 2. The number of amides is 2. The summed E-state index contributed by atoms with van der Waals surface area (Å²) in [4.78, 5) is 30.6. The maximum atomic E-state index is 12.6. The average molecular weight is 477 g/mol. The molecule has 8 heteroatoms. The van der Waals surface area contributed by atoms with E-state index in [4.69, 9.17) is 0 Å². The quantitative estimate of drug-likeness (QED) is 0.316. The fourth-order valence-electron chi connectivity index (χ4n) is 3.74. The van der Waals surface area contributed by atoms with E-state index in [2.05, 4.69) is 20.9 Å². The van der Waals surface area contributed by atoms with Crippen LogP contribution in [0.3, 0.4) is 0 Å². The van der Waals surface area contributed by atoms with E-state index in [1.165, 1.54) is 19.3 Å². The van der Waals surface area contributed by atoms with Crippen molar-refractivity contribution in [2.75, 3.05) is 26.7 Å². The highest BCUT2D eigenvalue weighted by atomic mass is 127. The zero-order valence-electron chi connectivity index (χ0n) is 15.6. The first-order chi connectivity index (χ1) is 12.2. The number of aliphatic imine (C=N–C) groups is 1. The average Bonchev–Trinajstić information content (AvgIpc) is 3.33. The molecule has 1 atom stereocenters. The Morgan fingerprint density at radius 3 is 2.38 bits per heavy atom. The van der Waals surface area contributed by atoms with Gasteiger partial charge >= 0.3 is 0 Å². The van der Waals surface area contributed by atoms with Crippen molar-refractivity contribution in [2.24, 2.45) is 10.9 Å². The molecule has 1 saturated heterocycles. The summed E-state index contributed by atoms with van der Waals surface area (Å²) < 4.78 is 0. The lowest BCUT2D eigenvalue weighted by Gasteiger charge is -2.26. The van der Waals surface area contributed by atoms with Crippen LogP contribution in [0.5, 0.6) is 0 Å². The molecule has 0 radical (unpaired) electrons. The first kappa shape index (κ1) is 21.2. The van der Waals surface area contributed by atoms with Gasteiger partial charge in [0.15, 0.2) is 5.96 Å². The molecule has 3 rings (SSSR count). The number of nitrogens with one attached hydrogen (secondary N) is 3. The second-order valence-electron chi connectivity index (χ2n) is 7.52. The number of nitrogens with zero attached hydrogens (tertiary/aromatic N) is 2. The molecule has 1 heterocycles. The molecule has 0 aromatic carbocycles. The van der Waals surface area contributed by atoms with Crippen LogP contribution in [0, 0.1) is 5.92 Å². The molecule has 26 heavy (non-hydrogen) atoms. The Balaban J connectivity index is 0.00000243. The van der Waals surface area contributed by atoms with E-state index in [-0.39, 0.29) is 48.4 Å². The van der Waals surface area contributed by atoms with Gasteiger partial charge in [0.05, 0.1) is 6.54 Å². The van der Waals surface area contributed by atoms with Crippen LogP contribution in [0.2, 0.25) is 0 Å². The minimum atomic E-state index is 0. The lowest BCUT2D eigenvalue weighted by atomic mass is 9.88. The number of halogens is 1. The standard InChI is InChI=1S/C18H31N5O2.HI/c1-19-18(20-11-16(24)21-14-7-8-14)22-15-9-10-23(12-15)17(25)13-5-3-2-4-6-13;/h13-15H,2-12H2,1H3,(H,21,24)(H2,19,20,22);1H. The molecule has 0 bridgehead atoms. The Morgan fingerprint density at radius 1 is 1.00 bits per heavy atom. The van der Waals surface area contributed by atoms with Crippen LogP contribution in [0.1, 0.15) is 51.4 Å². The van der Waals surface area contributed by atoms with Crippen molar-refractivity contribution in [1.29, 1.82) is 0 Å². The molecule has 2 aliphatic carbocycles. The third kappa shape index (κ3) is 6.28. The third-order valence-electron chi connectivity index (χ3n) is 5.38. The summed E-state index contributed by atoms with van der Waals surface area (Å²) in [6.07, 6.45) is 8.84. The fraction of sp³-hybridized carbons (Fsp3) is 0.833. The normalized spacial score (nSPS) is 24.0. The highest BCUT2D eigenvalue weighted by molar-refractivity contribution is 14.0. The molecule has 2 saturated carbocycles. The predicted molar refractivity (Wildman–Crippen MR) is 113 cm³/mol. The Hall–Kier alpha value is -1.06. The highest BCUT2D eigenvalue weighted by Gasteiger charge is 2.31. The summed E-state index contributed by atoms with van der Waals surface area (Å²) in [5.74, 6) is 1.20. The van der Waals surface area contributed by atoms with Gasteiger partial charge in [-0.1, -0.05) is 19.3 Å². The first-order valence-electron chi connectivity index (χ1n) is 9.71. The maximum absolute atomic E-state index is 12.6. The van der Waals surface area contributed by atoms with Gasteiger partial charge in [0.25, 0.3) is 0 Å². The van der Waals surface area contributed by atoms with Crippen LogP contribution in [0.15, 0.2) is 4.99 Å². The Morgan fingerprint density at radius 2 is 1.73 bits per heavy atom. The van der Waals surface area contributed by atoms with E-state index in [9.17, 15) is 9.59 Å². The van der Waals surface area contributed by atoms with E-state index in [1.54, 1.807) is 7.05 Å². The number of rotatable bonds is 5. The molecule has 0 aromatic rings. The van der Waals surface area contributed by atoms with Crippen molar-refractivity contribution in [3.63, 3.8) is 0 Å². The summed E-state index contributed by atoms with van der Waals surface area (Å²) in [6.45, 7) is 1.77. The predicted octanol–water partition coefficient (Wildman–Crippen LogP) is 1.23. The van der Waals surface area contributed by atoms with Crippen molar-refractivity contribution >= 4 is 41.8 Å². The summed E-state index contributed by atoms with van der Waals surface area (Å²) in [6, 6.07) is 0.573. The van der Waals surface area contributed by atoms with Gasteiger partial charge < -0.3 is 20.9 Å². The maximum Gasteiger partial charge on any atom is 0.239 e. The van der Waals surface area contributed by atoms with Crippen molar-refractivity contribution < 1.29 is 9.59 Å². The van der Waals surface area contributed by atoms with E-state index in [1.807, 2.05) is 4.90 Å². The topological polar surface area (TPSA) is 85.8 Å². The van der Waals surface area contributed by atoms with Crippen LogP contribution in [0.4, 0.5) is 0 Å². The van der Waals surface area contributed by atoms with Crippen molar-refractivity contribution in [1.82, 2.24) is 20.9 Å². The van der Waals surface area contributed by atoms with Crippen LogP contribution >= 0.6 is 24.0 Å². The zero-order chi connectivity index (χ0) is 17.6. The molecule has 7 nitrogen and oxygen atoms in total. The number of hydrogen-bond acceptors (Lipinski definition) is 3. The largest absolute Gasteiger partial charge is 0.352 e. The molecule has 0 aromatic heterocycles. The summed E-state index contributed by atoms with van der Waals surface area (Å²) in [7, 11) is 1.70. The van der Waals surface area contributed by atoms with Crippen LogP contribution in [-0.2, 0) is 9.59 Å². The zero-order valence-corrected chi connectivity index (χ0v) is 18.0. The summed E-state index contributed by atoms with van der Waals surface area (Å²) in [5.41, 5.74) is 0. The molecule has 3 N–H and O–H groups in total. The minimum absolute atomic E-state index is 0. The van der Waals surface area contributed by atoms with Gasteiger partial charge in [-0.15, -0.1) is 24.0 Å². The van der Waals surface area contributed by atoms with Crippen LogP contribution < -0.4 is 16.0 Å². The number of likely N-dealkylation sites (tertiary alicyclic amines) is 1. The van der Waals surface area contributed by atoms with Crippen molar-refractivity contribution in [3.8, 4) is 0 Å². The Kier molecular flexibility index (Phi) is 8.43. The smallest absolute Gasteiger partial charge is 0.239 e. The molecule has 2 amide bonds. The van der Waals surface area contributed by atoms with Crippen LogP contribution in [0.25, 0.3) is 0 Å². The van der Waals surface area contributed by atoms with Crippen molar-refractivity contribution in [2.45, 2.75) is 63.5 Å². The van der Waals surface area contributed by atoms with Gasteiger partial charge in [-0.25, -0.2) is 0 Å².